The van der Waals surface area contributed by atoms with E-state index in [-0.39, 0.29) is 34.0 Å². The lowest BCUT2D eigenvalue weighted by Gasteiger charge is -2.63. The molecule has 0 amide bonds. The first-order valence-corrected chi connectivity index (χ1v) is 23.2. The van der Waals surface area contributed by atoms with Crippen LogP contribution in [0, 0.1) is 34.0 Å². The van der Waals surface area contributed by atoms with Gasteiger partial charge < -0.3 is 36.2 Å². The molecule has 3 aromatic rings. The molecule has 13 heteroatoms. The van der Waals surface area contributed by atoms with Gasteiger partial charge in [-0.25, -0.2) is 9.98 Å². The van der Waals surface area contributed by atoms with Gasteiger partial charge in [-0.2, -0.15) is 5.10 Å². The van der Waals surface area contributed by atoms with Crippen LogP contribution in [0.1, 0.15) is 123 Å². The van der Waals surface area contributed by atoms with Crippen molar-refractivity contribution in [3.8, 4) is 0 Å². The standard InChI is InChI=1S/C48H69N9O3S/c1-8-46(6)28-47(20-14-22-55(7)21-11-12-24-58)26-45(4,5)27-48(29-46,30-47)31-57-33(3)36(25-51-57)35-18-19-39(53-40(35)43(59)60)56-23-13-15-34(42(56)50)32(2)41(49)54-44-52-37-16-9-10-17-38(37)61-44/h9-10,16-19,25,50,53,58-60H,8,11-15,20-24,26-31H2,1-7H3,(H2,49,52,54)/b34-32-,50-42?. The fourth-order valence-electron chi connectivity index (χ4n) is 12.0. The lowest BCUT2D eigenvalue weighted by molar-refractivity contribution is -0.128. The summed E-state index contributed by atoms with van der Waals surface area (Å²) in [5.74, 6) is 0.399. The van der Waals surface area contributed by atoms with Crippen molar-refractivity contribution < 1.29 is 15.3 Å². The van der Waals surface area contributed by atoms with Crippen molar-refractivity contribution in [2.24, 2.45) is 32.4 Å². The van der Waals surface area contributed by atoms with Crippen molar-refractivity contribution in [3.63, 3.8) is 0 Å². The van der Waals surface area contributed by atoms with Crippen LogP contribution in [0.2, 0.25) is 0 Å². The number of allylic oxidation sites excluding steroid dienone is 3. The number of nitrogens with zero attached hydrogens (tertiary/aromatic N) is 6. The molecule has 1 aromatic carbocycles. The first-order chi connectivity index (χ1) is 29.0. The van der Waals surface area contributed by atoms with Crippen LogP contribution in [0.5, 0.6) is 0 Å². The summed E-state index contributed by atoms with van der Waals surface area (Å²) in [5.41, 5.74) is 12.5. The van der Waals surface area contributed by atoms with E-state index in [0.717, 1.165) is 84.4 Å². The van der Waals surface area contributed by atoms with E-state index in [4.69, 9.17) is 10.8 Å². The maximum Gasteiger partial charge on any atom is 0.299 e. The van der Waals surface area contributed by atoms with E-state index < -0.39 is 5.95 Å². The van der Waals surface area contributed by atoms with Gasteiger partial charge in [0.05, 0.1) is 16.4 Å². The second-order valence-corrected chi connectivity index (χ2v) is 21.0. The Morgan fingerprint density at radius 3 is 2.51 bits per heavy atom. The van der Waals surface area contributed by atoms with E-state index in [1.54, 1.807) is 0 Å². The largest absolute Gasteiger partial charge is 0.480 e. The van der Waals surface area contributed by atoms with Crippen molar-refractivity contribution in [2.45, 2.75) is 125 Å². The molecule has 12 nitrogen and oxygen atoms in total. The highest BCUT2D eigenvalue weighted by Crippen LogP contribution is 2.68. The van der Waals surface area contributed by atoms with E-state index in [1.807, 2.05) is 54.4 Å². The summed E-state index contributed by atoms with van der Waals surface area (Å²) < 4.78 is 3.22. The van der Waals surface area contributed by atoms with Crippen LogP contribution in [0.15, 0.2) is 76.2 Å². The third-order valence-electron chi connectivity index (χ3n) is 14.1. The highest BCUT2D eigenvalue weighted by atomic mass is 32.1. The Balaban J connectivity index is 1.12. The first-order valence-electron chi connectivity index (χ1n) is 22.4. The molecule has 2 bridgehead atoms. The molecule has 3 atom stereocenters. The number of rotatable bonds is 15. The molecular formula is C48H69N9O3S. The molecule has 7 rings (SSSR count). The van der Waals surface area contributed by atoms with Gasteiger partial charge in [0.1, 0.15) is 23.2 Å². The fourth-order valence-corrected chi connectivity index (χ4v) is 12.9. The lowest BCUT2D eigenvalue weighted by atomic mass is 9.43. The molecule has 3 fully saturated rings. The molecule has 1 saturated heterocycles. The molecular weight excluding hydrogens is 783 g/mol. The van der Waals surface area contributed by atoms with Crippen LogP contribution in [0.25, 0.3) is 15.8 Å². The van der Waals surface area contributed by atoms with Crippen molar-refractivity contribution in [3.05, 3.63) is 82.5 Å². The number of amidine groups is 2. The van der Waals surface area contributed by atoms with Crippen LogP contribution in [-0.4, -0.2) is 84.8 Å². The number of aliphatic imine (C=N–C) groups is 1. The second-order valence-electron chi connectivity index (χ2n) is 20.0. The van der Waals surface area contributed by atoms with E-state index in [9.17, 15) is 20.7 Å². The number of hydrogen-bond donors (Lipinski definition) is 6. The minimum atomic E-state index is -0.811. The Morgan fingerprint density at radius 1 is 1.03 bits per heavy atom. The number of aromatic nitrogens is 3. The van der Waals surface area contributed by atoms with Gasteiger partial charge in [-0.15, -0.1) is 0 Å². The zero-order valence-corrected chi connectivity index (χ0v) is 38.4. The number of aliphatic hydroxyl groups is 3. The minimum Gasteiger partial charge on any atom is -0.480 e. The van der Waals surface area contributed by atoms with Crippen LogP contribution in [0.4, 0.5) is 5.13 Å². The molecule has 0 spiro atoms. The zero-order chi connectivity index (χ0) is 43.7. The third-order valence-corrected chi connectivity index (χ3v) is 15.1. The van der Waals surface area contributed by atoms with Gasteiger partial charge in [-0.3, -0.25) is 10.1 Å². The molecule has 2 aliphatic carbocycles. The van der Waals surface area contributed by atoms with Crippen molar-refractivity contribution in [1.82, 2.24) is 29.9 Å². The summed E-state index contributed by atoms with van der Waals surface area (Å²) in [5, 5.41) is 48.9. The number of nitrogens with two attached hydrogens (primary N) is 1. The van der Waals surface area contributed by atoms with Gasteiger partial charge in [0.15, 0.2) is 0 Å². The van der Waals surface area contributed by atoms with E-state index in [2.05, 4.69) is 66.5 Å². The molecule has 2 aliphatic heterocycles. The monoisotopic (exact) mass is 852 g/mol. The summed E-state index contributed by atoms with van der Waals surface area (Å²) in [6.07, 6.45) is 18.7. The average Bonchev–Trinajstić information content (AvgIpc) is 3.78. The summed E-state index contributed by atoms with van der Waals surface area (Å²) in [6, 6.07) is 7.90. The maximum atomic E-state index is 10.7. The normalized spacial score (nSPS) is 26.4. The average molecular weight is 852 g/mol. The Labute approximate surface area is 366 Å². The molecule has 4 aliphatic rings. The van der Waals surface area contributed by atoms with E-state index >= 15 is 0 Å². The predicted molar refractivity (Wildman–Crippen MR) is 249 cm³/mol. The summed E-state index contributed by atoms with van der Waals surface area (Å²) in [7, 11) is 2.22. The van der Waals surface area contributed by atoms with Gasteiger partial charge in [-0.05, 0) is 156 Å². The van der Waals surface area contributed by atoms with E-state index in [0.29, 0.717) is 41.2 Å². The molecule has 3 unspecified atom stereocenters. The summed E-state index contributed by atoms with van der Waals surface area (Å²) in [4.78, 5) is 13.5. The number of dihydropyridines is 1. The quantitative estimate of drug-likeness (QED) is 0.0377. The van der Waals surface area contributed by atoms with Gasteiger partial charge in [0.2, 0.25) is 5.13 Å². The highest BCUT2D eigenvalue weighted by Gasteiger charge is 2.58. The number of piperidine rings is 1. The number of para-hydroxylation sites is 1. The molecule has 2 aromatic heterocycles. The topological polar surface area (TPSA) is 172 Å². The Bertz CT molecular complexity index is 2250. The number of thiazole rings is 1. The molecule has 7 N–H and O–H groups in total. The van der Waals surface area contributed by atoms with Crippen molar-refractivity contribution in [1.29, 1.82) is 5.41 Å². The summed E-state index contributed by atoms with van der Waals surface area (Å²) >= 11 is 1.48. The SMILES string of the molecule is CCC1(C)CC2(CCCN(C)CCCCO)CC(C)(C)CC(Cn3ncc(C4=CC=C(N5CCC/C(=C(C)/C(N)=N\c6nc7ccccc7s6)C5=N)NC4=C(O)O)c3C)(C1)C2. The van der Waals surface area contributed by atoms with Gasteiger partial charge >= 0.3 is 0 Å². The molecule has 2 saturated carbocycles. The molecule has 4 heterocycles. The zero-order valence-electron chi connectivity index (χ0n) is 37.6. The third kappa shape index (κ3) is 9.64. The molecule has 0 radical (unpaired) electrons. The number of fused-ring (bicyclic) bond motifs is 3. The second kappa shape index (κ2) is 17.7. The Hall–Kier alpha value is -4.46. The van der Waals surface area contributed by atoms with Crippen LogP contribution in [0.3, 0.4) is 0 Å². The lowest BCUT2D eigenvalue weighted by Crippen LogP contribution is -2.54. The number of hydrogen-bond acceptors (Lipinski definition) is 10. The van der Waals surface area contributed by atoms with Gasteiger partial charge in [0.25, 0.3) is 5.95 Å². The molecule has 61 heavy (non-hydrogen) atoms. The van der Waals surface area contributed by atoms with E-state index in [1.165, 1.54) is 49.9 Å². The smallest absolute Gasteiger partial charge is 0.299 e. The van der Waals surface area contributed by atoms with Crippen LogP contribution in [-0.2, 0) is 6.54 Å². The Morgan fingerprint density at radius 2 is 1.77 bits per heavy atom. The highest BCUT2D eigenvalue weighted by molar-refractivity contribution is 7.22. The number of benzene rings is 1. The number of nitrogens with one attached hydrogen (secondary N) is 2. The van der Waals surface area contributed by atoms with Gasteiger partial charge in [0, 0.05) is 42.1 Å². The first kappa shape index (κ1) is 44.6. The van der Waals surface area contributed by atoms with Crippen molar-refractivity contribution >= 4 is 43.9 Å². The van der Waals surface area contributed by atoms with Crippen LogP contribution < -0.4 is 11.1 Å². The maximum absolute atomic E-state index is 10.7. The fraction of sp³-hybridized carbons (Fsp3) is 0.583. The minimum absolute atomic E-state index is 0.0936. The van der Waals surface area contributed by atoms with Crippen molar-refractivity contribution in [2.75, 3.05) is 33.3 Å². The number of aliphatic hydroxyl groups excluding tert-OH is 2. The Kier molecular flexibility index (Phi) is 13.0. The summed E-state index contributed by atoms with van der Waals surface area (Å²) in [6.45, 7) is 17.6. The molecule has 330 valence electrons. The van der Waals surface area contributed by atoms with Crippen LogP contribution >= 0.6 is 11.3 Å². The number of unbranched alkanes of at least 4 members (excludes halogenated alkanes) is 1. The predicted octanol–water partition coefficient (Wildman–Crippen LogP) is 9.87. The van der Waals surface area contributed by atoms with Gasteiger partial charge in [-0.1, -0.05) is 57.6 Å². The number of likely N-dealkylation sites (tertiary alicyclic amines) is 1.